The lowest BCUT2D eigenvalue weighted by Crippen LogP contribution is -2.24. The number of aromatic nitrogens is 2. The zero-order chi connectivity index (χ0) is 18.0. The van der Waals surface area contributed by atoms with E-state index in [1.54, 1.807) is 21.3 Å². The van der Waals surface area contributed by atoms with E-state index < -0.39 is 0 Å². The normalized spacial score (nSPS) is 11.0. The highest BCUT2D eigenvalue weighted by molar-refractivity contribution is 5.94. The van der Waals surface area contributed by atoms with E-state index in [-0.39, 0.29) is 11.5 Å². The molecule has 2 aromatic carbocycles. The van der Waals surface area contributed by atoms with Gasteiger partial charge in [-0.15, -0.1) is 0 Å². The summed E-state index contributed by atoms with van der Waals surface area (Å²) in [7, 11) is 0. The van der Waals surface area contributed by atoms with Gasteiger partial charge in [-0.1, -0.05) is 12.1 Å². The van der Waals surface area contributed by atoms with Crippen molar-refractivity contribution in [2.24, 2.45) is 0 Å². The fourth-order valence-corrected chi connectivity index (χ4v) is 3.12. The minimum absolute atomic E-state index is 0.00682. The number of nitrogens with zero attached hydrogens (tertiary/aromatic N) is 2. The van der Waals surface area contributed by atoms with E-state index in [0.29, 0.717) is 31.0 Å². The average molecular weight is 338 g/mol. The maximum absolute atomic E-state index is 12.8. The third kappa shape index (κ3) is 3.09. The second-order valence-corrected chi connectivity index (χ2v) is 5.91. The number of ketones is 1. The highest BCUT2D eigenvalue weighted by Gasteiger charge is 2.15. The van der Waals surface area contributed by atoms with Crippen LogP contribution in [0.25, 0.3) is 11.0 Å². The van der Waals surface area contributed by atoms with Crippen LogP contribution in [0.2, 0.25) is 0 Å². The van der Waals surface area contributed by atoms with Gasteiger partial charge in [0.1, 0.15) is 5.75 Å². The lowest BCUT2D eigenvalue weighted by Gasteiger charge is -2.12. The van der Waals surface area contributed by atoms with Gasteiger partial charge in [-0.05, 0) is 51.1 Å². The van der Waals surface area contributed by atoms with E-state index in [2.05, 4.69) is 0 Å². The van der Waals surface area contributed by atoms with Gasteiger partial charge >= 0.3 is 5.69 Å². The van der Waals surface area contributed by atoms with Crippen molar-refractivity contribution in [3.05, 3.63) is 64.1 Å². The van der Waals surface area contributed by atoms with Crippen molar-refractivity contribution in [2.45, 2.75) is 33.9 Å². The molecule has 0 aliphatic rings. The number of imidazole rings is 1. The molecule has 0 aliphatic heterocycles. The van der Waals surface area contributed by atoms with Gasteiger partial charge < -0.3 is 4.74 Å². The molecule has 1 aromatic heterocycles. The Labute approximate surface area is 146 Å². The standard InChI is InChI=1S/C20H22N2O3/c1-4-21-17-8-6-7-9-18(17)22(20(21)24)13-16-12-15(14(3)23)10-11-19(16)25-5-2/h6-12H,4-5,13H2,1-3H3. The van der Waals surface area contributed by atoms with E-state index >= 15 is 0 Å². The van der Waals surface area contributed by atoms with Gasteiger partial charge in [0.15, 0.2) is 5.78 Å². The van der Waals surface area contributed by atoms with Crippen LogP contribution in [0.1, 0.15) is 36.7 Å². The lowest BCUT2D eigenvalue weighted by molar-refractivity contribution is 0.101. The van der Waals surface area contributed by atoms with Crippen molar-refractivity contribution in [1.29, 1.82) is 0 Å². The number of ether oxygens (including phenoxy) is 1. The number of hydrogen-bond acceptors (Lipinski definition) is 3. The van der Waals surface area contributed by atoms with Crippen molar-refractivity contribution in [3.63, 3.8) is 0 Å². The van der Waals surface area contributed by atoms with Gasteiger partial charge in [-0.3, -0.25) is 13.9 Å². The summed E-state index contributed by atoms with van der Waals surface area (Å²) in [4.78, 5) is 24.6. The highest BCUT2D eigenvalue weighted by atomic mass is 16.5. The summed E-state index contributed by atoms with van der Waals surface area (Å²) in [5.74, 6) is 0.695. The summed E-state index contributed by atoms with van der Waals surface area (Å²) in [6.07, 6.45) is 0. The molecule has 0 atom stereocenters. The number of aryl methyl sites for hydroxylation is 1. The molecule has 1 heterocycles. The number of para-hydroxylation sites is 2. The maximum Gasteiger partial charge on any atom is 0.329 e. The lowest BCUT2D eigenvalue weighted by atomic mass is 10.1. The van der Waals surface area contributed by atoms with E-state index in [4.69, 9.17) is 4.74 Å². The Morgan fingerprint density at radius 3 is 2.32 bits per heavy atom. The van der Waals surface area contributed by atoms with Crippen LogP contribution in [0.15, 0.2) is 47.3 Å². The third-order valence-electron chi connectivity index (χ3n) is 4.34. The molecule has 0 saturated carbocycles. The van der Waals surface area contributed by atoms with Crippen LogP contribution in [0.5, 0.6) is 5.75 Å². The van der Waals surface area contributed by atoms with Crippen molar-refractivity contribution in [3.8, 4) is 5.75 Å². The Bertz CT molecular complexity index is 982. The molecule has 130 valence electrons. The molecule has 0 aliphatic carbocycles. The first-order valence-corrected chi connectivity index (χ1v) is 8.51. The van der Waals surface area contributed by atoms with Gasteiger partial charge in [0.05, 0.1) is 24.2 Å². The van der Waals surface area contributed by atoms with Crippen LogP contribution in [0, 0.1) is 0 Å². The molecule has 0 bridgehead atoms. The number of hydrogen-bond donors (Lipinski definition) is 0. The van der Waals surface area contributed by atoms with E-state index in [9.17, 15) is 9.59 Å². The highest BCUT2D eigenvalue weighted by Crippen LogP contribution is 2.23. The van der Waals surface area contributed by atoms with Crippen LogP contribution >= 0.6 is 0 Å². The summed E-state index contributed by atoms with van der Waals surface area (Å²) >= 11 is 0. The quantitative estimate of drug-likeness (QED) is 0.647. The van der Waals surface area contributed by atoms with Gasteiger partial charge in [-0.2, -0.15) is 0 Å². The molecule has 25 heavy (non-hydrogen) atoms. The third-order valence-corrected chi connectivity index (χ3v) is 4.34. The first-order chi connectivity index (χ1) is 12.1. The number of rotatable bonds is 6. The molecule has 0 saturated heterocycles. The second kappa shape index (κ2) is 6.97. The summed E-state index contributed by atoms with van der Waals surface area (Å²) in [5, 5.41) is 0. The molecular weight excluding hydrogens is 316 g/mol. The Balaban J connectivity index is 2.16. The molecule has 3 aromatic rings. The Morgan fingerprint density at radius 2 is 1.72 bits per heavy atom. The van der Waals surface area contributed by atoms with Crippen LogP contribution < -0.4 is 10.4 Å². The molecule has 0 spiro atoms. The molecular formula is C20H22N2O3. The topological polar surface area (TPSA) is 53.2 Å². The Kier molecular flexibility index (Phi) is 4.74. The SMILES string of the molecule is CCOc1ccc(C(C)=O)cc1Cn1c(=O)n(CC)c2ccccc21. The number of fused-ring (bicyclic) bond motifs is 1. The van der Waals surface area contributed by atoms with Gasteiger partial charge in [-0.25, -0.2) is 4.79 Å². The summed E-state index contributed by atoms with van der Waals surface area (Å²) in [6.45, 7) is 6.91. The van der Waals surface area contributed by atoms with Crippen molar-refractivity contribution in [2.75, 3.05) is 6.61 Å². The maximum atomic E-state index is 12.8. The molecule has 0 radical (unpaired) electrons. The molecule has 3 rings (SSSR count). The summed E-state index contributed by atoms with van der Waals surface area (Å²) in [6, 6.07) is 13.1. The Hall–Kier alpha value is -2.82. The van der Waals surface area contributed by atoms with Gasteiger partial charge in [0, 0.05) is 17.7 Å². The largest absolute Gasteiger partial charge is 0.494 e. The van der Waals surface area contributed by atoms with Crippen molar-refractivity contribution >= 4 is 16.8 Å². The number of Topliss-reactive ketones (excluding diaryl/α,β-unsaturated/α-hetero) is 1. The molecule has 0 fully saturated rings. The first kappa shape index (κ1) is 17.0. The summed E-state index contributed by atoms with van der Waals surface area (Å²) in [5.41, 5.74) is 3.18. The van der Waals surface area contributed by atoms with Gasteiger partial charge in [0.25, 0.3) is 0 Å². The number of carbonyl (C=O) groups excluding carboxylic acids is 1. The van der Waals surface area contributed by atoms with E-state index in [1.807, 2.05) is 44.2 Å². The second-order valence-electron chi connectivity index (χ2n) is 5.91. The van der Waals surface area contributed by atoms with Crippen molar-refractivity contribution in [1.82, 2.24) is 9.13 Å². The zero-order valence-corrected chi connectivity index (χ0v) is 14.8. The predicted molar refractivity (Wildman–Crippen MR) is 98.6 cm³/mol. The minimum atomic E-state index is -0.0561. The van der Waals surface area contributed by atoms with Crippen LogP contribution in [-0.4, -0.2) is 21.5 Å². The molecule has 0 N–H and O–H groups in total. The number of benzene rings is 2. The zero-order valence-electron chi connectivity index (χ0n) is 14.8. The minimum Gasteiger partial charge on any atom is -0.494 e. The summed E-state index contributed by atoms with van der Waals surface area (Å²) < 4.78 is 9.19. The average Bonchev–Trinajstić information content (AvgIpc) is 2.88. The smallest absolute Gasteiger partial charge is 0.329 e. The first-order valence-electron chi connectivity index (χ1n) is 8.51. The molecule has 0 unspecified atom stereocenters. The van der Waals surface area contributed by atoms with E-state index in [0.717, 1.165) is 16.6 Å². The van der Waals surface area contributed by atoms with Crippen LogP contribution in [0.4, 0.5) is 0 Å². The fraction of sp³-hybridized carbons (Fsp3) is 0.300. The predicted octanol–water partition coefficient (Wildman–Crippen LogP) is 3.47. The van der Waals surface area contributed by atoms with Gasteiger partial charge in [0.2, 0.25) is 0 Å². The Morgan fingerprint density at radius 1 is 1.04 bits per heavy atom. The fourth-order valence-electron chi connectivity index (χ4n) is 3.12. The molecule has 5 heteroatoms. The van der Waals surface area contributed by atoms with Crippen LogP contribution in [-0.2, 0) is 13.1 Å². The van der Waals surface area contributed by atoms with E-state index in [1.165, 1.54) is 6.92 Å². The number of carbonyl (C=O) groups is 1. The molecule has 5 nitrogen and oxygen atoms in total. The van der Waals surface area contributed by atoms with Crippen molar-refractivity contribution < 1.29 is 9.53 Å². The molecule has 0 amide bonds. The van der Waals surface area contributed by atoms with Crippen LogP contribution in [0.3, 0.4) is 0 Å². The monoisotopic (exact) mass is 338 g/mol.